The number of methoxy groups -OCH3 is 1. The van der Waals surface area contributed by atoms with E-state index in [0.29, 0.717) is 13.0 Å². The lowest BCUT2D eigenvalue weighted by molar-refractivity contribution is -0.153. The number of halogens is 1. The van der Waals surface area contributed by atoms with Crippen molar-refractivity contribution in [1.29, 1.82) is 0 Å². The molecular formula is C17H21FN2O3. The number of aromatic nitrogens is 1. The summed E-state index contributed by atoms with van der Waals surface area (Å²) in [5.41, 5.74) is -0.406. The van der Waals surface area contributed by atoms with Gasteiger partial charge in [0.15, 0.2) is 0 Å². The number of carbonyl (C=O) groups excluding carboxylic acids is 2. The first-order valence-corrected chi connectivity index (χ1v) is 7.92. The van der Waals surface area contributed by atoms with Crippen molar-refractivity contribution in [2.24, 2.45) is 5.41 Å². The van der Waals surface area contributed by atoms with Gasteiger partial charge in [-0.1, -0.05) is 0 Å². The quantitative estimate of drug-likeness (QED) is 0.777. The third-order valence-corrected chi connectivity index (χ3v) is 5.22. The third-order valence-electron chi connectivity index (χ3n) is 5.22. The van der Waals surface area contributed by atoms with Crippen LogP contribution in [0.1, 0.15) is 31.2 Å². The molecule has 1 saturated carbocycles. The molecule has 23 heavy (non-hydrogen) atoms. The number of hydrogen-bond acceptors (Lipinski definition) is 4. The number of hydrogen-bond donors (Lipinski definition) is 0. The molecule has 0 N–H and O–H groups in total. The lowest BCUT2D eigenvalue weighted by Gasteiger charge is -2.27. The maximum atomic E-state index is 13.0. The second-order valence-electron chi connectivity index (χ2n) is 6.51. The normalized spacial score (nSPS) is 25.2. The van der Waals surface area contributed by atoms with Crippen LogP contribution in [0.5, 0.6) is 0 Å². The topological polar surface area (TPSA) is 59.5 Å². The zero-order chi connectivity index (χ0) is 16.5. The Morgan fingerprint density at radius 2 is 2.00 bits per heavy atom. The van der Waals surface area contributed by atoms with E-state index in [2.05, 4.69) is 4.98 Å². The first-order chi connectivity index (χ1) is 11.1. The molecule has 1 atom stereocenters. The molecule has 3 rings (SSSR count). The van der Waals surface area contributed by atoms with Gasteiger partial charge in [0.25, 0.3) is 0 Å². The summed E-state index contributed by atoms with van der Waals surface area (Å²) in [6.45, 7) is 0.128. The molecule has 1 aromatic rings. The highest BCUT2D eigenvalue weighted by atomic mass is 19.1. The van der Waals surface area contributed by atoms with Gasteiger partial charge in [0.1, 0.15) is 0 Å². The van der Waals surface area contributed by atoms with Gasteiger partial charge < -0.3 is 9.64 Å². The Kier molecular flexibility index (Phi) is 4.08. The molecule has 6 heteroatoms. The van der Waals surface area contributed by atoms with E-state index < -0.39 is 23.5 Å². The number of esters is 1. The van der Waals surface area contributed by atoms with Gasteiger partial charge in [0, 0.05) is 25.5 Å². The second kappa shape index (κ2) is 5.91. The van der Waals surface area contributed by atoms with Gasteiger partial charge in [-0.15, -0.1) is 0 Å². The summed E-state index contributed by atoms with van der Waals surface area (Å²) < 4.78 is 17.8. The van der Waals surface area contributed by atoms with Crippen LogP contribution in [0.3, 0.4) is 0 Å². The Hall–Kier alpha value is -1.98. The minimum atomic E-state index is -0.895. The first kappa shape index (κ1) is 15.9. The van der Waals surface area contributed by atoms with Crippen molar-refractivity contribution in [3.63, 3.8) is 0 Å². The highest BCUT2D eigenvalue weighted by Gasteiger charge is 2.56. The SMILES string of the molecule is COC(=O)C1(CCF)CCN(C(=O)C2(c3ccncc3)CC2)C1. The maximum Gasteiger partial charge on any atom is 0.313 e. The average molecular weight is 320 g/mol. The molecule has 0 radical (unpaired) electrons. The van der Waals surface area contributed by atoms with E-state index in [-0.39, 0.29) is 18.9 Å². The van der Waals surface area contributed by atoms with Gasteiger partial charge in [0.05, 0.1) is 24.6 Å². The minimum absolute atomic E-state index is 0.0355. The number of nitrogens with zero attached hydrogens (tertiary/aromatic N) is 2. The Morgan fingerprint density at radius 1 is 1.30 bits per heavy atom. The summed E-state index contributed by atoms with van der Waals surface area (Å²) >= 11 is 0. The van der Waals surface area contributed by atoms with E-state index in [1.165, 1.54) is 7.11 Å². The summed E-state index contributed by atoms with van der Waals surface area (Å²) in [5, 5.41) is 0. The minimum Gasteiger partial charge on any atom is -0.469 e. The van der Waals surface area contributed by atoms with Gasteiger partial charge >= 0.3 is 5.97 Å². The van der Waals surface area contributed by atoms with Gasteiger partial charge in [-0.05, 0) is 43.4 Å². The lowest BCUT2D eigenvalue weighted by Crippen LogP contribution is -2.42. The van der Waals surface area contributed by atoms with E-state index in [1.54, 1.807) is 17.3 Å². The monoisotopic (exact) mass is 320 g/mol. The van der Waals surface area contributed by atoms with Crippen LogP contribution >= 0.6 is 0 Å². The average Bonchev–Trinajstić information content (AvgIpc) is 3.29. The molecule has 1 aromatic heterocycles. The van der Waals surface area contributed by atoms with Crippen LogP contribution in [0, 0.1) is 5.41 Å². The highest BCUT2D eigenvalue weighted by Crippen LogP contribution is 2.50. The predicted octanol–water partition coefficient (Wildman–Crippen LogP) is 1.86. The standard InChI is InChI=1S/C17H21FN2O3/c1-23-15(22)16(6-8-18)7-11-20(12-16)14(21)17(4-5-17)13-2-9-19-10-3-13/h2-3,9-10H,4-8,11-12H2,1H3. The fraction of sp³-hybridized carbons (Fsp3) is 0.588. The molecular weight excluding hydrogens is 299 g/mol. The van der Waals surface area contributed by atoms with Gasteiger partial charge in [0.2, 0.25) is 5.91 Å². The number of amides is 1. The molecule has 1 aliphatic heterocycles. The Labute approximate surface area is 134 Å². The highest BCUT2D eigenvalue weighted by molar-refractivity contribution is 5.92. The molecule has 0 spiro atoms. The van der Waals surface area contributed by atoms with E-state index in [1.807, 2.05) is 12.1 Å². The van der Waals surface area contributed by atoms with Crippen molar-refractivity contribution >= 4 is 11.9 Å². The fourth-order valence-electron chi connectivity index (χ4n) is 3.64. The van der Waals surface area contributed by atoms with Crippen LogP contribution < -0.4 is 0 Å². The van der Waals surface area contributed by atoms with E-state index in [9.17, 15) is 14.0 Å². The summed E-state index contributed by atoms with van der Waals surface area (Å²) in [7, 11) is 1.31. The second-order valence-corrected chi connectivity index (χ2v) is 6.51. The third kappa shape index (κ3) is 2.60. The van der Waals surface area contributed by atoms with Crippen molar-refractivity contribution in [3.05, 3.63) is 30.1 Å². The summed E-state index contributed by atoms with van der Waals surface area (Å²) in [6.07, 6.45) is 5.55. The van der Waals surface area contributed by atoms with Crippen molar-refractivity contribution in [3.8, 4) is 0 Å². The molecule has 2 aliphatic rings. The molecule has 1 saturated heterocycles. The molecule has 0 bridgehead atoms. The molecule has 124 valence electrons. The first-order valence-electron chi connectivity index (χ1n) is 7.92. The number of ether oxygens (including phenoxy) is 1. The fourth-order valence-corrected chi connectivity index (χ4v) is 3.64. The molecule has 5 nitrogen and oxygen atoms in total. The number of likely N-dealkylation sites (tertiary alicyclic amines) is 1. The molecule has 1 amide bonds. The largest absolute Gasteiger partial charge is 0.469 e. The summed E-state index contributed by atoms with van der Waals surface area (Å²) in [6, 6.07) is 3.74. The van der Waals surface area contributed by atoms with Crippen LogP contribution in [-0.4, -0.2) is 48.6 Å². The molecule has 0 aromatic carbocycles. The zero-order valence-electron chi connectivity index (χ0n) is 13.3. The Bertz CT molecular complexity index is 603. The Balaban J connectivity index is 1.79. The number of pyridine rings is 1. The summed E-state index contributed by atoms with van der Waals surface area (Å²) in [4.78, 5) is 30.8. The van der Waals surface area contributed by atoms with Gasteiger partial charge in [-0.3, -0.25) is 19.0 Å². The maximum absolute atomic E-state index is 13.0. The van der Waals surface area contributed by atoms with Crippen LogP contribution in [0.15, 0.2) is 24.5 Å². The molecule has 2 heterocycles. The van der Waals surface area contributed by atoms with Gasteiger partial charge in [-0.25, -0.2) is 0 Å². The molecule has 1 unspecified atom stereocenters. The van der Waals surface area contributed by atoms with Crippen LogP contribution in [0.4, 0.5) is 4.39 Å². The van der Waals surface area contributed by atoms with E-state index >= 15 is 0 Å². The Morgan fingerprint density at radius 3 is 2.57 bits per heavy atom. The lowest BCUT2D eigenvalue weighted by atomic mass is 9.84. The van der Waals surface area contributed by atoms with Crippen LogP contribution in [0.2, 0.25) is 0 Å². The van der Waals surface area contributed by atoms with Crippen LogP contribution in [0.25, 0.3) is 0 Å². The molecule has 2 fully saturated rings. The summed E-state index contributed by atoms with van der Waals surface area (Å²) in [5.74, 6) is -0.382. The van der Waals surface area contributed by atoms with E-state index in [0.717, 1.165) is 18.4 Å². The van der Waals surface area contributed by atoms with E-state index in [4.69, 9.17) is 4.74 Å². The van der Waals surface area contributed by atoms with Crippen molar-refractivity contribution in [1.82, 2.24) is 9.88 Å². The number of rotatable bonds is 5. The van der Waals surface area contributed by atoms with Crippen molar-refractivity contribution < 1.29 is 18.7 Å². The molecule has 1 aliphatic carbocycles. The van der Waals surface area contributed by atoms with Crippen molar-refractivity contribution in [2.75, 3.05) is 26.9 Å². The number of alkyl halides is 1. The number of carbonyl (C=O) groups is 2. The van der Waals surface area contributed by atoms with Crippen LogP contribution in [-0.2, 0) is 19.7 Å². The van der Waals surface area contributed by atoms with Crippen molar-refractivity contribution in [2.45, 2.75) is 31.1 Å². The zero-order valence-corrected chi connectivity index (χ0v) is 13.3. The van der Waals surface area contributed by atoms with Gasteiger partial charge in [-0.2, -0.15) is 0 Å². The predicted molar refractivity (Wildman–Crippen MR) is 81.4 cm³/mol. The smallest absolute Gasteiger partial charge is 0.313 e.